The number of halogens is 1. The Labute approximate surface area is 169 Å². The van der Waals surface area contributed by atoms with Crippen LogP contribution in [-0.2, 0) is 6.54 Å². The summed E-state index contributed by atoms with van der Waals surface area (Å²) in [6.45, 7) is 0.847. The minimum atomic E-state index is 0.0116. The van der Waals surface area contributed by atoms with E-state index >= 15 is 0 Å². The quantitative estimate of drug-likeness (QED) is 0.332. The first-order chi connectivity index (χ1) is 13.5. The first-order valence-corrected chi connectivity index (χ1v) is 9.60. The summed E-state index contributed by atoms with van der Waals surface area (Å²) in [5.74, 6) is 6.90. The van der Waals surface area contributed by atoms with Gasteiger partial charge in [0.25, 0.3) is 0 Å². The molecule has 4 heterocycles. The molecule has 0 aromatic carbocycles. The molecule has 0 spiro atoms. The fourth-order valence-electron chi connectivity index (χ4n) is 3.04. The summed E-state index contributed by atoms with van der Waals surface area (Å²) in [6, 6.07) is 0.125. The Morgan fingerprint density at radius 2 is 2.18 bits per heavy atom. The highest BCUT2D eigenvalue weighted by Gasteiger charge is 2.28. The van der Waals surface area contributed by atoms with Gasteiger partial charge in [0, 0.05) is 24.2 Å². The Kier molecular flexibility index (Phi) is 5.11. The van der Waals surface area contributed by atoms with Gasteiger partial charge in [0.05, 0.1) is 48.7 Å². The number of nitrogen functional groups attached to an aromatic ring is 1. The van der Waals surface area contributed by atoms with E-state index in [2.05, 4.69) is 42.2 Å². The third-order valence-electron chi connectivity index (χ3n) is 4.46. The molecule has 2 atom stereocenters. The van der Waals surface area contributed by atoms with Crippen molar-refractivity contribution in [2.75, 3.05) is 23.9 Å². The Morgan fingerprint density at radius 3 is 3.00 bits per heavy atom. The van der Waals surface area contributed by atoms with Crippen LogP contribution in [0.2, 0.25) is 0 Å². The minimum absolute atomic E-state index is 0.0116. The van der Waals surface area contributed by atoms with Gasteiger partial charge >= 0.3 is 0 Å². The molecule has 0 aliphatic carbocycles. The molecule has 11 heteroatoms. The van der Waals surface area contributed by atoms with Gasteiger partial charge < -0.3 is 10.8 Å². The number of aliphatic hydroxyl groups is 1. The highest BCUT2D eigenvalue weighted by atomic mass is 79.9. The van der Waals surface area contributed by atoms with Crippen LogP contribution in [0.1, 0.15) is 0 Å². The predicted molar refractivity (Wildman–Crippen MR) is 110 cm³/mol. The zero-order valence-corrected chi connectivity index (χ0v) is 16.5. The number of rotatable bonds is 6. The van der Waals surface area contributed by atoms with Crippen molar-refractivity contribution in [1.82, 2.24) is 24.8 Å². The maximum atomic E-state index is 9.03. The summed E-state index contributed by atoms with van der Waals surface area (Å²) >= 11 is 3.60. The Bertz CT molecular complexity index is 954. The summed E-state index contributed by atoms with van der Waals surface area (Å²) in [6.07, 6.45) is 12.9. The van der Waals surface area contributed by atoms with Gasteiger partial charge in [-0.25, -0.2) is 15.8 Å². The van der Waals surface area contributed by atoms with Crippen molar-refractivity contribution in [3.63, 3.8) is 0 Å². The highest BCUT2D eigenvalue weighted by molar-refractivity contribution is 9.10. The summed E-state index contributed by atoms with van der Waals surface area (Å²) in [5, 5.41) is 20.9. The standard InChI is InChI=1S/C17H20BrN9O/c18-13-7-23-27-2-1-11(5-15(13)27)9-26(20)17-16(19)21-8-14(24-17)12-6-22-25(10-12)3-4-28/h1-2,5-8,10,13,15,28H,3-4,9,20H2,(H2,19,21). The van der Waals surface area contributed by atoms with E-state index in [9.17, 15) is 0 Å². The monoisotopic (exact) mass is 445 g/mol. The van der Waals surface area contributed by atoms with Crippen LogP contribution in [0.15, 0.2) is 47.6 Å². The summed E-state index contributed by atoms with van der Waals surface area (Å²) < 4.78 is 1.64. The molecule has 0 saturated carbocycles. The van der Waals surface area contributed by atoms with Gasteiger partial charge in [-0.05, 0) is 11.6 Å². The number of anilines is 2. The van der Waals surface area contributed by atoms with Crippen molar-refractivity contribution in [2.45, 2.75) is 17.4 Å². The lowest BCUT2D eigenvalue weighted by Crippen LogP contribution is -2.36. The number of hydrogen-bond acceptors (Lipinski definition) is 9. The van der Waals surface area contributed by atoms with Crippen molar-refractivity contribution in [3.8, 4) is 11.3 Å². The number of nitrogens with zero attached hydrogens (tertiary/aromatic N) is 7. The van der Waals surface area contributed by atoms with Crippen LogP contribution in [0.3, 0.4) is 0 Å². The maximum absolute atomic E-state index is 9.03. The van der Waals surface area contributed by atoms with E-state index in [1.807, 2.05) is 23.5 Å². The second kappa shape index (κ2) is 7.70. The van der Waals surface area contributed by atoms with Crippen LogP contribution in [0.25, 0.3) is 11.3 Å². The Morgan fingerprint density at radius 1 is 1.32 bits per heavy atom. The zero-order valence-electron chi connectivity index (χ0n) is 14.9. The largest absolute Gasteiger partial charge is 0.394 e. The summed E-state index contributed by atoms with van der Waals surface area (Å²) in [5.41, 5.74) is 8.42. The van der Waals surface area contributed by atoms with Gasteiger partial charge in [-0.2, -0.15) is 10.2 Å². The molecule has 4 rings (SSSR count). The topological polar surface area (TPSA) is 135 Å². The first-order valence-electron chi connectivity index (χ1n) is 8.69. The van der Waals surface area contributed by atoms with Crippen molar-refractivity contribution < 1.29 is 5.11 Å². The minimum Gasteiger partial charge on any atom is -0.394 e. The van der Waals surface area contributed by atoms with Gasteiger partial charge in [-0.1, -0.05) is 22.0 Å². The van der Waals surface area contributed by atoms with Crippen molar-refractivity contribution in [3.05, 3.63) is 42.5 Å². The lowest BCUT2D eigenvalue weighted by Gasteiger charge is -2.26. The molecule has 0 bridgehead atoms. The fourth-order valence-corrected chi connectivity index (χ4v) is 3.54. The normalized spacial score (nSPS) is 20.4. The molecular formula is C17H20BrN9O. The molecule has 2 aromatic rings. The molecule has 5 N–H and O–H groups in total. The predicted octanol–water partition coefficient (Wildman–Crippen LogP) is 0.482. The molecule has 0 saturated heterocycles. The number of nitrogens with two attached hydrogens (primary N) is 2. The van der Waals surface area contributed by atoms with Crippen molar-refractivity contribution in [2.24, 2.45) is 10.9 Å². The van der Waals surface area contributed by atoms with E-state index in [1.165, 1.54) is 5.01 Å². The van der Waals surface area contributed by atoms with E-state index in [4.69, 9.17) is 16.7 Å². The number of hydrazone groups is 1. The first kappa shape index (κ1) is 18.6. The van der Waals surface area contributed by atoms with Gasteiger partial charge in [0.15, 0.2) is 11.6 Å². The average molecular weight is 446 g/mol. The summed E-state index contributed by atoms with van der Waals surface area (Å²) in [4.78, 5) is 8.94. The molecule has 0 radical (unpaired) electrons. The van der Waals surface area contributed by atoms with E-state index in [-0.39, 0.29) is 23.3 Å². The van der Waals surface area contributed by atoms with Crippen LogP contribution in [0, 0.1) is 0 Å². The molecule has 0 amide bonds. The number of fused-ring (bicyclic) bond motifs is 1. The second-order valence-electron chi connectivity index (χ2n) is 6.44. The van der Waals surface area contributed by atoms with Crippen LogP contribution in [-0.4, -0.2) is 60.1 Å². The number of alkyl halides is 1. The third kappa shape index (κ3) is 3.63. The number of aliphatic hydroxyl groups excluding tert-OH is 1. The van der Waals surface area contributed by atoms with E-state index < -0.39 is 0 Å². The molecular weight excluding hydrogens is 426 g/mol. The Balaban J connectivity index is 1.53. The van der Waals surface area contributed by atoms with Crippen molar-refractivity contribution >= 4 is 33.8 Å². The molecule has 146 valence electrons. The molecule has 2 unspecified atom stereocenters. The molecule has 10 nitrogen and oxygen atoms in total. The third-order valence-corrected chi connectivity index (χ3v) is 5.24. The van der Waals surface area contributed by atoms with Crippen LogP contribution in [0.4, 0.5) is 11.6 Å². The lowest BCUT2D eigenvalue weighted by atomic mass is 10.1. The zero-order chi connectivity index (χ0) is 19.7. The van der Waals surface area contributed by atoms with Gasteiger partial charge in [-0.15, -0.1) is 0 Å². The van der Waals surface area contributed by atoms with E-state index in [0.717, 1.165) is 11.1 Å². The van der Waals surface area contributed by atoms with Crippen LogP contribution >= 0.6 is 15.9 Å². The molecule has 2 aliphatic rings. The maximum Gasteiger partial charge on any atom is 0.186 e. The smallest absolute Gasteiger partial charge is 0.186 e. The van der Waals surface area contributed by atoms with Crippen LogP contribution in [0.5, 0.6) is 0 Å². The SMILES string of the molecule is Nc1ncc(-c2cnn(CCO)c2)nc1N(N)CC1=CC2C(Br)C=NN2C=C1. The lowest BCUT2D eigenvalue weighted by molar-refractivity contribution is 0.269. The van der Waals surface area contributed by atoms with Gasteiger partial charge in [0.2, 0.25) is 0 Å². The van der Waals surface area contributed by atoms with Gasteiger partial charge in [-0.3, -0.25) is 14.7 Å². The highest BCUT2D eigenvalue weighted by Crippen LogP contribution is 2.27. The van der Waals surface area contributed by atoms with Crippen molar-refractivity contribution in [1.29, 1.82) is 0 Å². The number of aromatic nitrogens is 4. The van der Waals surface area contributed by atoms with Gasteiger partial charge in [0.1, 0.15) is 0 Å². The molecule has 2 aromatic heterocycles. The Hall–Kier alpha value is -2.76. The second-order valence-corrected chi connectivity index (χ2v) is 7.50. The average Bonchev–Trinajstić information content (AvgIpc) is 3.30. The molecule has 28 heavy (non-hydrogen) atoms. The molecule has 0 fully saturated rings. The summed E-state index contributed by atoms with van der Waals surface area (Å²) in [7, 11) is 0. The van der Waals surface area contributed by atoms with Crippen LogP contribution < -0.4 is 16.6 Å². The fraction of sp³-hybridized carbons (Fsp3) is 0.294. The number of hydrazine groups is 1. The number of hydrogen-bond donors (Lipinski definition) is 3. The van der Waals surface area contributed by atoms with E-state index in [0.29, 0.717) is 24.6 Å². The van der Waals surface area contributed by atoms with E-state index in [1.54, 1.807) is 23.3 Å². The molecule has 2 aliphatic heterocycles.